The highest BCUT2D eigenvalue weighted by molar-refractivity contribution is 6.33. The first-order valence-electron chi connectivity index (χ1n) is 7.88. The Bertz CT molecular complexity index is 674. The molecular formula is C17H21ClN2O3. The van der Waals surface area contributed by atoms with Crippen molar-refractivity contribution in [1.82, 2.24) is 4.90 Å². The van der Waals surface area contributed by atoms with Gasteiger partial charge in [-0.05, 0) is 51.3 Å². The first kappa shape index (κ1) is 16.3. The second-order valence-electron chi connectivity index (χ2n) is 6.45. The molecule has 5 nitrogen and oxygen atoms in total. The maximum absolute atomic E-state index is 12.9. The minimum atomic E-state index is -0.524. The Balaban J connectivity index is 1.96. The number of hydrogen-bond donors (Lipinski definition) is 0. The molecule has 0 unspecified atom stereocenters. The quantitative estimate of drug-likeness (QED) is 0.796. The van der Waals surface area contributed by atoms with Gasteiger partial charge in [0.1, 0.15) is 6.04 Å². The number of carbonyl (C=O) groups is 2. The monoisotopic (exact) mass is 336 g/mol. The summed E-state index contributed by atoms with van der Waals surface area (Å²) in [6.45, 7) is 8.15. The number of amides is 3. The Morgan fingerprint density at radius 1 is 1.26 bits per heavy atom. The van der Waals surface area contributed by atoms with Gasteiger partial charge in [0.2, 0.25) is 0 Å². The number of anilines is 1. The molecule has 1 aromatic carbocycles. The van der Waals surface area contributed by atoms with Crippen LogP contribution in [0.4, 0.5) is 10.5 Å². The van der Waals surface area contributed by atoms with Crippen LogP contribution in [0.3, 0.4) is 0 Å². The number of aryl methyl sites for hydroxylation is 1. The topological polar surface area (TPSA) is 49.9 Å². The maximum atomic E-state index is 12.9. The number of carbonyl (C=O) groups excluding carboxylic acids is 2. The van der Waals surface area contributed by atoms with E-state index in [1.165, 1.54) is 4.90 Å². The normalized spacial score (nSPS) is 24.1. The molecule has 2 heterocycles. The third kappa shape index (κ3) is 2.52. The summed E-state index contributed by atoms with van der Waals surface area (Å²) in [5.74, 6) is -0.221. The van der Waals surface area contributed by atoms with E-state index in [4.69, 9.17) is 16.3 Å². The van der Waals surface area contributed by atoms with E-state index < -0.39 is 6.04 Å². The minimum absolute atomic E-state index is 0.0208. The fourth-order valence-corrected chi connectivity index (χ4v) is 3.55. The van der Waals surface area contributed by atoms with E-state index in [1.54, 1.807) is 11.0 Å². The molecule has 3 amide bonds. The van der Waals surface area contributed by atoms with Crippen LogP contribution in [0, 0.1) is 13.8 Å². The molecule has 0 radical (unpaired) electrons. The molecule has 3 rings (SSSR count). The summed E-state index contributed by atoms with van der Waals surface area (Å²) in [4.78, 5) is 28.5. The van der Waals surface area contributed by atoms with Crippen LogP contribution in [-0.4, -0.2) is 41.6 Å². The van der Waals surface area contributed by atoms with Crippen molar-refractivity contribution >= 4 is 29.2 Å². The fourth-order valence-electron chi connectivity index (χ4n) is 3.39. The van der Waals surface area contributed by atoms with Gasteiger partial charge in [-0.25, -0.2) is 9.69 Å². The van der Waals surface area contributed by atoms with E-state index in [2.05, 4.69) is 0 Å². The summed E-state index contributed by atoms with van der Waals surface area (Å²) in [6.07, 6.45) is 0.479. The number of fused-ring (bicyclic) bond motifs is 1. The van der Waals surface area contributed by atoms with Gasteiger partial charge in [0.15, 0.2) is 0 Å². The van der Waals surface area contributed by atoms with E-state index in [-0.39, 0.29) is 24.1 Å². The molecule has 2 saturated heterocycles. The van der Waals surface area contributed by atoms with Gasteiger partial charge in [0, 0.05) is 11.6 Å². The Labute approximate surface area is 141 Å². The molecule has 0 spiro atoms. The highest BCUT2D eigenvalue weighted by Gasteiger charge is 2.53. The van der Waals surface area contributed by atoms with Crippen molar-refractivity contribution < 1.29 is 14.3 Å². The summed E-state index contributed by atoms with van der Waals surface area (Å²) in [5.41, 5.74) is 2.23. The average molecular weight is 337 g/mol. The molecule has 23 heavy (non-hydrogen) atoms. The lowest BCUT2D eigenvalue weighted by atomic mass is 10.1. The van der Waals surface area contributed by atoms with Crippen molar-refractivity contribution in [3.05, 3.63) is 28.3 Å². The smallest absolute Gasteiger partial charge is 0.332 e. The minimum Gasteiger partial charge on any atom is -0.373 e. The lowest BCUT2D eigenvalue weighted by Gasteiger charge is -2.21. The van der Waals surface area contributed by atoms with Gasteiger partial charge in [0.05, 0.1) is 17.9 Å². The van der Waals surface area contributed by atoms with Gasteiger partial charge in [-0.2, -0.15) is 0 Å². The Morgan fingerprint density at radius 3 is 2.61 bits per heavy atom. The van der Waals surface area contributed by atoms with Gasteiger partial charge < -0.3 is 9.64 Å². The van der Waals surface area contributed by atoms with Crippen LogP contribution >= 0.6 is 11.6 Å². The fraction of sp³-hybridized carbons (Fsp3) is 0.529. The van der Waals surface area contributed by atoms with Crippen molar-refractivity contribution in [2.45, 2.75) is 52.4 Å². The summed E-state index contributed by atoms with van der Waals surface area (Å²) in [5, 5.41) is 0.588. The van der Waals surface area contributed by atoms with Crippen molar-refractivity contribution in [3.8, 4) is 0 Å². The Hall–Kier alpha value is -1.59. The summed E-state index contributed by atoms with van der Waals surface area (Å²) in [7, 11) is 0. The third-order valence-corrected chi connectivity index (χ3v) is 5.07. The summed E-state index contributed by atoms with van der Waals surface area (Å²) >= 11 is 6.29. The Morgan fingerprint density at radius 2 is 1.96 bits per heavy atom. The van der Waals surface area contributed by atoms with Crippen LogP contribution in [0.1, 0.15) is 31.4 Å². The number of benzene rings is 1. The van der Waals surface area contributed by atoms with Crippen LogP contribution in [0.15, 0.2) is 12.1 Å². The van der Waals surface area contributed by atoms with Crippen molar-refractivity contribution in [1.29, 1.82) is 0 Å². The van der Waals surface area contributed by atoms with E-state index in [0.29, 0.717) is 23.7 Å². The first-order valence-corrected chi connectivity index (χ1v) is 8.26. The molecular weight excluding hydrogens is 316 g/mol. The predicted molar refractivity (Wildman–Crippen MR) is 88.9 cm³/mol. The molecule has 0 bridgehead atoms. The van der Waals surface area contributed by atoms with Gasteiger partial charge in [-0.3, -0.25) is 4.79 Å². The van der Waals surface area contributed by atoms with Crippen molar-refractivity contribution in [2.75, 3.05) is 11.4 Å². The van der Waals surface area contributed by atoms with Crippen molar-refractivity contribution in [2.24, 2.45) is 0 Å². The lowest BCUT2D eigenvalue weighted by molar-refractivity contribution is -0.123. The molecule has 0 saturated carbocycles. The van der Waals surface area contributed by atoms with Gasteiger partial charge in [-0.1, -0.05) is 17.7 Å². The van der Waals surface area contributed by atoms with E-state index in [1.807, 2.05) is 33.8 Å². The zero-order valence-corrected chi connectivity index (χ0v) is 14.6. The predicted octanol–water partition coefficient (Wildman–Crippen LogP) is 3.29. The number of rotatable bonds is 3. The zero-order chi connectivity index (χ0) is 16.9. The molecule has 0 aliphatic carbocycles. The van der Waals surface area contributed by atoms with E-state index >= 15 is 0 Å². The summed E-state index contributed by atoms with van der Waals surface area (Å²) < 4.78 is 5.83. The van der Waals surface area contributed by atoms with Crippen LogP contribution in [-0.2, 0) is 9.53 Å². The second kappa shape index (κ2) is 5.80. The zero-order valence-electron chi connectivity index (χ0n) is 13.8. The molecule has 2 aliphatic rings. The van der Waals surface area contributed by atoms with Gasteiger partial charge in [0.25, 0.3) is 5.91 Å². The lowest BCUT2D eigenvalue weighted by Crippen LogP contribution is -2.39. The largest absolute Gasteiger partial charge is 0.373 e. The van der Waals surface area contributed by atoms with Crippen LogP contribution in [0.25, 0.3) is 0 Å². The second-order valence-corrected chi connectivity index (χ2v) is 6.82. The highest BCUT2D eigenvalue weighted by Crippen LogP contribution is 2.37. The molecule has 2 fully saturated rings. The number of nitrogens with zero attached hydrogens (tertiary/aromatic N) is 2. The number of hydrogen-bond acceptors (Lipinski definition) is 3. The molecule has 0 N–H and O–H groups in total. The molecule has 1 aromatic rings. The van der Waals surface area contributed by atoms with E-state index in [0.717, 1.165) is 11.1 Å². The molecule has 6 heteroatoms. The average Bonchev–Trinajstić information content (AvgIpc) is 2.99. The highest BCUT2D eigenvalue weighted by atomic mass is 35.5. The number of urea groups is 1. The van der Waals surface area contributed by atoms with Crippen LogP contribution in [0.2, 0.25) is 5.02 Å². The number of ether oxygens (including phenoxy) is 1. The number of halogens is 1. The molecule has 0 aromatic heterocycles. The Kier molecular flexibility index (Phi) is 4.10. The summed E-state index contributed by atoms with van der Waals surface area (Å²) in [6, 6.07) is 2.81. The number of imide groups is 1. The molecule has 124 valence electrons. The van der Waals surface area contributed by atoms with Gasteiger partial charge >= 0.3 is 6.03 Å². The maximum Gasteiger partial charge on any atom is 0.332 e. The van der Waals surface area contributed by atoms with Crippen molar-refractivity contribution in [3.63, 3.8) is 0 Å². The SMILES string of the molecule is Cc1ccc(N2C(=O)[C@@H]3[C@H](OC(C)C)CCN3C2=O)c(C)c1Cl. The van der Waals surface area contributed by atoms with E-state index in [9.17, 15) is 9.59 Å². The molecule has 2 aliphatic heterocycles. The standard InChI is InChI=1S/C17H21ClN2O3/c1-9(2)23-13-7-8-19-15(13)16(21)20(17(19)22)12-6-5-10(3)14(18)11(12)4/h5-6,9,13,15H,7-8H2,1-4H3/t13-,15+/m1/s1. The molecule has 2 atom stereocenters. The van der Waals surface area contributed by atoms with Gasteiger partial charge in [-0.15, -0.1) is 0 Å². The third-order valence-electron chi connectivity index (χ3n) is 4.49. The van der Waals surface area contributed by atoms with Crippen LogP contribution in [0.5, 0.6) is 0 Å². The first-order chi connectivity index (χ1) is 10.8. The van der Waals surface area contributed by atoms with Crippen LogP contribution < -0.4 is 4.90 Å².